The molecule has 0 fully saturated rings. The molecule has 0 aliphatic rings. The average Bonchev–Trinajstić information content (AvgIpc) is 2.37. The Morgan fingerprint density at radius 1 is 1.82 bits per heavy atom. The summed E-state index contributed by atoms with van der Waals surface area (Å²) in [4.78, 5) is 15.6. The summed E-state index contributed by atoms with van der Waals surface area (Å²) in [5.41, 5.74) is 5.47. The highest BCUT2D eigenvalue weighted by Crippen LogP contribution is 1.97. The molecule has 0 aliphatic carbocycles. The zero-order valence-corrected chi connectivity index (χ0v) is 6.28. The topological polar surface area (TPSA) is 57.2 Å². The van der Waals surface area contributed by atoms with Crippen molar-refractivity contribution < 1.29 is 9.63 Å². The maximum Gasteiger partial charge on any atom is 0.250 e. The Hall–Kier alpha value is -1.45. The maximum absolute atomic E-state index is 10.6. The minimum absolute atomic E-state index is 0.441. The molecule has 1 heterocycles. The highest BCUT2D eigenvalue weighted by molar-refractivity contribution is 5.92. The first-order valence-electron chi connectivity index (χ1n) is 3.35. The van der Waals surface area contributed by atoms with Gasteiger partial charge in [0.25, 0.3) is 0 Å². The van der Waals surface area contributed by atoms with Crippen molar-refractivity contribution in [3.05, 3.63) is 24.0 Å². The number of hydrogen-bond acceptors (Lipinski definition) is 2. The van der Waals surface area contributed by atoms with E-state index in [1.165, 1.54) is 4.73 Å². The van der Waals surface area contributed by atoms with Crippen LogP contribution in [0.5, 0.6) is 0 Å². The number of carbonyl (C=O) groups is 1. The van der Waals surface area contributed by atoms with Crippen LogP contribution in [0.25, 0.3) is 0 Å². The van der Waals surface area contributed by atoms with Gasteiger partial charge >= 0.3 is 0 Å². The van der Waals surface area contributed by atoms with Gasteiger partial charge in [-0.15, -0.1) is 0 Å². The first-order chi connectivity index (χ1) is 5.24. The summed E-state index contributed by atoms with van der Waals surface area (Å²) in [6.07, 6.45) is 3.19. The van der Waals surface area contributed by atoms with Crippen molar-refractivity contribution >= 4 is 5.91 Å². The van der Waals surface area contributed by atoms with E-state index in [-0.39, 0.29) is 0 Å². The molecule has 11 heavy (non-hydrogen) atoms. The van der Waals surface area contributed by atoms with Gasteiger partial charge in [-0.05, 0) is 13.0 Å². The van der Waals surface area contributed by atoms with Crippen LogP contribution >= 0.6 is 0 Å². The zero-order chi connectivity index (χ0) is 8.27. The third-order valence-corrected chi connectivity index (χ3v) is 1.23. The molecule has 0 saturated heterocycles. The summed E-state index contributed by atoms with van der Waals surface area (Å²) in [6, 6.07) is 1.61. The highest BCUT2D eigenvalue weighted by atomic mass is 16.7. The number of carbonyl (C=O) groups excluding carboxylic acids is 1. The zero-order valence-electron chi connectivity index (χ0n) is 6.28. The normalized spacial score (nSPS) is 9.55. The van der Waals surface area contributed by atoms with Crippen LogP contribution in [0.4, 0.5) is 0 Å². The third kappa shape index (κ3) is 1.73. The minimum atomic E-state index is -0.441. The fourth-order valence-electron chi connectivity index (χ4n) is 0.752. The molecule has 0 aliphatic heterocycles. The molecule has 0 radical (unpaired) electrons. The lowest BCUT2D eigenvalue weighted by atomic mass is 10.3. The number of hydrogen-bond donors (Lipinski definition) is 1. The molecule has 1 amide bonds. The second-order valence-electron chi connectivity index (χ2n) is 2.04. The van der Waals surface area contributed by atoms with E-state index in [0.29, 0.717) is 12.2 Å². The van der Waals surface area contributed by atoms with E-state index < -0.39 is 5.91 Å². The summed E-state index contributed by atoms with van der Waals surface area (Å²) < 4.78 is 1.46. The summed E-state index contributed by atoms with van der Waals surface area (Å²) in [5, 5.41) is 0. The van der Waals surface area contributed by atoms with Gasteiger partial charge in [-0.1, -0.05) is 0 Å². The van der Waals surface area contributed by atoms with Gasteiger partial charge < -0.3 is 10.6 Å². The van der Waals surface area contributed by atoms with Gasteiger partial charge in [0.15, 0.2) is 0 Å². The van der Waals surface area contributed by atoms with Crippen LogP contribution in [-0.2, 0) is 0 Å². The Balaban J connectivity index is 2.73. The summed E-state index contributed by atoms with van der Waals surface area (Å²) in [6.45, 7) is 2.43. The van der Waals surface area contributed by atoms with Gasteiger partial charge in [0.05, 0.1) is 11.8 Å². The van der Waals surface area contributed by atoms with E-state index in [1.807, 2.05) is 6.92 Å². The predicted molar refractivity (Wildman–Crippen MR) is 40.1 cm³/mol. The van der Waals surface area contributed by atoms with E-state index in [0.717, 1.165) is 0 Å². The second-order valence-corrected chi connectivity index (χ2v) is 2.04. The van der Waals surface area contributed by atoms with E-state index >= 15 is 0 Å². The third-order valence-electron chi connectivity index (χ3n) is 1.23. The Kier molecular flexibility index (Phi) is 2.15. The Bertz CT molecular complexity index is 255. The number of aromatic nitrogens is 1. The Morgan fingerprint density at radius 3 is 3.00 bits per heavy atom. The monoisotopic (exact) mass is 154 g/mol. The number of primary amides is 1. The highest BCUT2D eigenvalue weighted by Gasteiger charge is 2.01. The SMILES string of the molecule is CCOn1ccc(C(N)=O)c1. The van der Waals surface area contributed by atoms with Crippen molar-refractivity contribution in [2.75, 3.05) is 6.61 Å². The number of amides is 1. The predicted octanol–water partition coefficient (Wildman–Crippen LogP) is 0.0355. The fraction of sp³-hybridized carbons (Fsp3) is 0.286. The molecule has 1 aromatic heterocycles. The van der Waals surface area contributed by atoms with Crippen molar-refractivity contribution in [1.82, 2.24) is 4.73 Å². The molecular formula is C7H10N2O2. The lowest BCUT2D eigenvalue weighted by molar-refractivity contribution is 0.0993. The van der Waals surface area contributed by atoms with Crippen molar-refractivity contribution in [2.45, 2.75) is 6.92 Å². The van der Waals surface area contributed by atoms with Crippen molar-refractivity contribution in [3.8, 4) is 0 Å². The van der Waals surface area contributed by atoms with Gasteiger partial charge in [-0.25, -0.2) is 0 Å². The van der Waals surface area contributed by atoms with Crippen LogP contribution in [0.15, 0.2) is 18.5 Å². The lowest BCUT2D eigenvalue weighted by Gasteiger charge is -2.00. The first kappa shape index (κ1) is 7.65. The van der Waals surface area contributed by atoms with Crippen molar-refractivity contribution in [2.24, 2.45) is 5.73 Å². The quantitative estimate of drug-likeness (QED) is 0.668. The summed E-state index contributed by atoms with van der Waals surface area (Å²) in [7, 11) is 0. The van der Waals surface area contributed by atoms with Crippen molar-refractivity contribution in [1.29, 1.82) is 0 Å². The molecule has 0 spiro atoms. The minimum Gasteiger partial charge on any atom is -0.415 e. The summed E-state index contributed by atoms with van der Waals surface area (Å²) >= 11 is 0. The molecule has 0 unspecified atom stereocenters. The van der Waals surface area contributed by atoms with Crippen LogP contribution in [0.1, 0.15) is 17.3 Å². The van der Waals surface area contributed by atoms with Gasteiger partial charge in [-0.3, -0.25) is 4.79 Å². The Labute approximate surface area is 64.5 Å². The van der Waals surface area contributed by atoms with Crippen LogP contribution in [0, 0.1) is 0 Å². The standard InChI is InChI=1S/C7H10N2O2/c1-2-11-9-4-3-6(5-9)7(8)10/h3-5H,2H2,1H3,(H2,8,10). The molecule has 4 nitrogen and oxygen atoms in total. The molecule has 0 aromatic carbocycles. The van der Waals surface area contributed by atoms with Gasteiger partial charge in [-0.2, -0.15) is 4.73 Å². The molecule has 4 heteroatoms. The number of nitrogens with two attached hydrogens (primary N) is 1. The molecule has 60 valence electrons. The Morgan fingerprint density at radius 2 is 2.55 bits per heavy atom. The van der Waals surface area contributed by atoms with Crippen LogP contribution in [0.2, 0.25) is 0 Å². The van der Waals surface area contributed by atoms with Gasteiger partial charge in [0.1, 0.15) is 6.61 Å². The maximum atomic E-state index is 10.6. The fourth-order valence-corrected chi connectivity index (χ4v) is 0.752. The first-order valence-corrected chi connectivity index (χ1v) is 3.35. The molecule has 1 rings (SSSR count). The lowest BCUT2D eigenvalue weighted by Crippen LogP contribution is -2.11. The van der Waals surface area contributed by atoms with E-state index in [2.05, 4.69) is 0 Å². The van der Waals surface area contributed by atoms with Gasteiger partial charge in [0.2, 0.25) is 5.91 Å². The average molecular weight is 154 g/mol. The van der Waals surface area contributed by atoms with E-state index in [9.17, 15) is 4.79 Å². The van der Waals surface area contributed by atoms with Crippen LogP contribution in [-0.4, -0.2) is 17.2 Å². The van der Waals surface area contributed by atoms with Crippen LogP contribution in [0.3, 0.4) is 0 Å². The van der Waals surface area contributed by atoms with Crippen molar-refractivity contribution in [3.63, 3.8) is 0 Å². The molecular weight excluding hydrogens is 144 g/mol. The smallest absolute Gasteiger partial charge is 0.250 e. The number of rotatable bonds is 3. The molecule has 0 saturated carbocycles. The molecule has 1 aromatic rings. The largest absolute Gasteiger partial charge is 0.415 e. The molecule has 0 atom stereocenters. The van der Waals surface area contributed by atoms with Gasteiger partial charge in [0, 0.05) is 6.20 Å². The second kappa shape index (κ2) is 3.09. The molecule has 0 bridgehead atoms. The van der Waals surface area contributed by atoms with Crippen LogP contribution < -0.4 is 10.6 Å². The molecule has 2 N–H and O–H groups in total. The van der Waals surface area contributed by atoms with E-state index in [4.69, 9.17) is 10.6 Å². The van der Waals surface area contributed by atoms with E-state index in [1.54, 1.807) is 18.5 Å². The number of nitrogens with zero attached hydrogens (tertiary/aromatic N) is 1. The summed E-state index contributed by atoms with van der Waals surface area (Å²) in [5.74, 6) is -0.441.